The summed E-state index contributed by atoms with van der Waals surface area (Å²) in [7, 11) is 0. The van der Waals surface area contributed by atoms with Crippen LogP contribution in [-0.4, -0.2) is 30.6 Å². The predicted octanol–water partition coefficient (Wildman–Crippen LogP) is 3.71. The van der Waals surface area contributed by atoms with Crippen LogP contribution in [0.25, 0.3) is 0 Å². The number of halogens is 2. The quantitative estimate of drug-likeness (QED) is 0.594. The van der Waals surface area contributed by atoms with Crippen LogP contribution in [0.4, 0.5) is 11.4 Å². The summed E-state index contributed by atoms with van der Waals surface area (Å²) in [5.74, 6) is 0.373. The van der Waals surface area contributed by atoms with Crippen molar-refractivity contribution in [2.24, 2.45) is 0 Å². The molecule has 0 spiro atoms. The van der Waals surface area contributed by atoms with Crippen molar-refractivity contribution in [3.63, 3.8) is 0 Å². The summed E-state index contributed by atoms with van der Waals surface area (Å²) < 4.78 is 10.9. The zero-order valence-corrected chi connectivity index (χ0v) is 14.3. The van der Waals surface area contributed by atoms with Crippen molar-refractivity contribution in [1.29, 1.82) is 0 Å². The number of amides is 1. The molecule has 2 aromatic carbocycles. The number of benzene rings is 2. The van der Waals surface area contributed by atoms with Crippen LogP contribution in [0.2, 0.25) is 10.0 Å². The van der Waals surface area contributed by atoms with E-state index in [2.05, 4.69) is 0 Å². The summed E-state index contributed by atoms with van der Waals surface area (Å²) in [5.41, 5.74) is 0.222. The molecular weight excluding hydrogens is 371 g/mol. The smallest absolute Gasteiger partial charge is 0.271 e. The van der Waals surface area contributed by atoms with E-state index in [-0.39, 0.29) is 31.4 Å². The van der Waals surface area contributed by atoms with Crippen molar-refractivity contribution in [2.75, 3.05) is 24.7 Å². The number of rotatable bonds is 4. The SMILES string of the molecule is O=C(COc1ccc(Cl)cc1Cl)N1CCOc2ccc([N+](=O)[O-])cc21. The van der Waals surface area contributed by atoms with E-state index in [1.54, 1.807) is 12.1 Å². The molecule has 0 aromatic heterocycles. The lowest BCUT2D eigenvalue weighted by molar-refractivity contribution is -0.384. The van der Waals surface area contributed by atoms with Gasteiger partial charge >= 0.3 is 0 Å². The first-order chi connectivity index (χ1) is 12.0. The second-order valence-corrected chi connectivity index (χ2v) is 6.01. The van der Waals surface area contributed by atoms with Gasteiger partial charge in [0.15, 0.2) is 6.61 Å². The maximum absolute atomic E-state index is 12.5. The van der Waals surface area contributed by atoms with Gasteiger partial charge in [0, 0.05) is 17.2 Å². The van der Waals surface area contributed by atoms with Crippen molar-refractivity contribution in [2.45, 2.75) is 0 Å². The number of hydrogen-bond donors (Lipinski definition) is 0. The molecule has 0 atom stereocenters. The van der Waals surface area contributed by atoms with Gasteiger partial charge in [-0.15, -0.1) is 0 Å². The van der Waals surface area contributed by atoms with Gasteiger partial charge in [0.1, 0.15) is 18.1 Å². The van der Waals surface area contributed by atoms with Gasteiger partial charge in [0.25, 0.3) is 11.6 Å². The first-order valence-electron chi connectivity index (χ1n) is 7.25. The molecule has 0 unspecified atom stereocenters. The lowest BCUT2D eigenvalue weighted by atomic mass is 10.2. The summed E-state index contributed by atoms with van der Waals surface area (Å²) in [6.45, 7) is 0.284. The Bertz CT molecular complexity index is 843. The average Bonchev–Trinajstić information content (AvgIpc) is 2.59. The number of hydrogen-bond acceptors (Lipinski definition) is 5. The van der Waals surface area contributed by atoms with Gasteiger partial charge in [-0.25, -0.2) is 0 Å². The minimum Gasteiger partial charge on any atom is -0.490 e. The van der Waals surface area contributed by atoms with E-state index >= 15 is 0 Å². The standard InChI is InChI=1S/C16H12Cl2N2O5/c17-10-1-3-14(12(18)7-10)25-9-16(21)19-5-6-24-15-4-2-11(20(22)23)8-13(15)19/h1-4,7-8H,5-6,9H2. The third kappa shape index (κ3) is 3.78. The monoisotopic (exact) mass is 382 g/mol. The maximum Gasteiger partial charge on any atom is 0.271 e. The van der Waals surface area contributed by atoms with Crippen LogP contribution in [0.1, 0.15) is 0 Å². The molecule has 0 saturated carbocycles. The number of carbonyl (C=O) groups excluding carboxylic acids is 1. The summed E-state index contributed by atoms with van der Waals surface area (Å²) in [5, 5.41) is 11.7. The van der Waals surface area contributed by atoms with Crippen LogP contribution < -0.4 is 14.4 Å². The Balaban J connectivity index is 1.77. The number of carbonyl (C=O) groups is 1. The lowest BCUT2D eigenvalue weighted by Crippen LogP contribution is -2.40. The molecule has 1 amide bonds. The van der Waals surface area contributed by atoms with Gasteiger partial charge in [-0.1, -0.05) is 23.2 Å². The number of ether oxygens (including phenoxy) is 2. The van der Waals surface area contributed by atoms with Crippen LogP contribution in [0.3, 0.4) is 0 Å². The Morgan fingerprint density at radius 1 is 1.28 bits per heavy atom. The van der Waals surface area contributed by atoms with Crippen molar-refractivity contribution in [3.8, 4) is 11.5 Å². The normalized spacial score (nSPS) is 13.0. The van der Waals surface area contributed by atoms with Gasteiger partial charge in [0.05, 0.1) is 22.2 Å². The zero-order chi connectivity index (χ0) is 18.0. The third-order valence-electron chi connectivity index (χ3n) is 3.56. The molecule has 3 rings (SSSR count). The Morgan fingerprint density at radius 2 is 2.08 bits per heavy atom. The van der Waals surface area contributed by atoms with Crippen LogP contribution in [0, 0.1) is 10.1 Å². The number of fused-ring (bicyclic) bond motifs is 1. The molecule has 0 fully saturated rings. The second-order valence-electron chi connectivity index (χ2n) is 5.17. The van der Waals surface area contributed by atoms with E-state index in [1.807, 2.05) is 0 Å². The maximum atomic E-state index is 12.5. The average molecular weight is 383 g/mol. The van der Waals surface area contributed by atoms with Gasteiger partial charge in [-0.3, -0.25) is 14.9 Å². The minimum atomic E-state index is -0.526. The highest BCUT2D eigenvalue weighted by atomic mass is 35.5. The van der Waals surface area contributed by atoms with Crippen molar-refractivity contribution in [1.82, 2.24) is 0 Å². The van der Waals surface area contributed by atoms with Gasteiger partial charge in [0.2, 0.25) is 0 Å². The van der Waals surface area contributed by atoms with Crippen LogP contribution in [0.15, 0.2) is 36.4 Å². The van der Waals surface area contributed by atoms with Crippen molar-refractivity contribution < 1.29 is 19.2 Å². The topological polar surface area (TPSA) is 81.9 Å². The summed E-state index contributed by atoms with van der Waals surface area (Å²) >= 11 is 11.8. The largest absolute Gasteiger partial charge is 0.490 e. The molecule has 25 heavy (non-hydrogen) atoms. The zero-order valence-electron chi connectivity index (χ0n) is 12.8. The molecule has 1 aliphatic heterocycles. The molecule has 2 aromatic rings. The molecule has 9 heteroatoms. The lowest BCUT2D eigenvalue weighted by Gasteiger charge is -2.29. The molecule has 1 heterocycles. The number of non-ortho nitro benzene ring substituents is 1. The third-order valence-corrected chi connectivity index (χ3v) is 4.09. The Kier molecular flexibility index (Phi) is 4.96. The molecular formula is C16H12Cl2N2O5. The molecule has 130 valence electrons. The van der Waals surface area contributed by atoms with Gasteiger partial charge < -0.3 is 14.4 Å². The van der Waals surface area contributed by atoms with E-state index in [4.69, 9.17) is 32.7 Å². The second kappa shape index (κ2) is 7.16. The first-order valence-corrected chi connectivity index (χ1v) is 8.01. The summed E-state index contributed by atoms with van der Waals surface area (Å²) in [6, 6.07) is 8.79. The Hall–Kier alpha value is -2.51. The molecule has 0 radical (unpaired) electrons. The van der Waals surface area contributed by atoms with E-state index in [0.29, 0.717) is 27.2 Å². The van der Waals surface area contributed by atoms with E-state index in [1.165, 1.54) is 29.2 Å². The highest BCUT2D eigenvalue weighted by Crippen LogP contribution is 2.35. The molecule has 7 nitrogen and oxygen atoms in total. The van der Waals surface area contributed by atoms with Crippen LogP contribution in [-0.2, 0) is 4.79 Å². The van der Waals surface area contributed by atoms with Crippen LogP contribution in [0.5, 0.6) is 11.5 Å². The Morgan fingerprint density at radius 3 is 2.80 bits per heavy atom. The minimum absolute atomic E-state index is 0.122. The summed E-state index contributed by atoms with van der Waals surface area (Å²) in [6.07, 6.45) is 0. The van der Waals surface area contributed by atoms with E-state index in [9.17, 15) is 14.9 Å². The molecule has 0 bridgehead atoms. The highest BCUT2D eigenvalue weighted by molar-refractivity contribution is 6.35. The predicted molar refractivity (Wildman–Crippen MR) is 92.9 cm³/mol. The fraction of sp³-hybridized carbons (Fsp3) is 0.188. The fourth-order valence-corrected chi connectivity index (χ4v) is 2.85. The highest BCUT2D eigenvalue weighted by Gasteiger charge is 2.26. The van der Waals surface area contributed by atoms with E-state index < -0.39 is 4.92 Å². The van der Waals surface area contributed by atoms with Gasteiger partial charge in [-0.05, 0) is 24.3 Å². The molecule has 0 N–H and O–H groups in total. The summed E-state index contributed by atoms with van der Waals surface area (Å²) in [4.78, 5) is 24.3. The number of nitrogens with zero attached hydrogens (tertiary/aromatic N) is 2. The number of nitro groups is 1. The number of nitro benzene ring substituents is 1. The number of anilines is 1. The fourth-order valence-electron chi connectivity index (χ4n) is 2.39. The van der Waals surface area contributed by atoms with Crippen LogP contribution >= 0.6 is 23.2 Å². The Labute approximate surface area is 152 Å². The van der Waals surface area contributed by atoms with E-state index in [0.717, 1.165) is 0 Å². The van der Waals surface area contributed by atoms with Crippen molar-refractivity contribution >= 4 is 40.5 Å². The molecule has 0 aliphatic carbocycles. The van der Waals surface area contributed by atoms with Gasteiger partial charge in [-0.2, -0.15) is 0 Å². The molecule has 0 saturated heterocycles. The molecule has 1 aliphatic rings. The first kappa shape index (κ1) is 17.3. The van der Waals surface area contributed by atoms with Crippen molar-refractivity contribution in [3.05, 3.63) is 56.6 Å².